The van der Waals surface area contributed by atoms with Gasteiger partial charge in [-0.15, -0.1) is 0 Å². The van der Waals surface area contributed by atoms with Crippen molar-refractivity contribution in [2.24, 2.45) is 0 Å². The molecule has 1 heterocycles. The molecule has 0 saturated heterocycles. The molecule has 1 amide bonds. The Balaban J connectivity index is 1.75. The lowest BCUT2D eigenvalue weighted by atomic mass is 10.1. The molecule has 0 saturated carbocycles. The molecule has 0 aliphatic carbocycles. The zero-order valence-corrected chi connectivity index (χ0v) is 13.4. The van der Waals surface area contributed by atoms with Crippen molar-refractivity contribution in [1.82, 2.24) is 10.3 Å². The van der Waals surface area contributed by atoms with Gasteiger partial charge in [-0.3, -0.25) is 15.1 Å². The van der Waals surface area contributed by atoms with Gasteiger partial charge in [-0.1, -0.05) is 23.8 Å². The van der Waals surface area contributed by atoms with Crippen LogP contribution in [0.3, 0.4) is 0 Å². The SMILES string of the molecule is Cc1cccc(C(=O)NC(=S)Nc2cccc3ncccc23)c1. The van der Waals surface area contributed by atoms with Crippen LogP contribution in [-0.4, -0.2) is 16.0 Å². The number of pyridine rings is 1. The van der Waals surface area contributed by atoms with Crippen LogP contribution in [0, 0.1) is 6.92 Å². The van der Waals surface area contributed by atoms with E-state index >= 15 is 0 Å². The van der Waals surface area contributed by atoms with E-state index in [1.54, 1.807) is 12.3 Å². The topological polar surface area (TPSA) is 54.0 Å². The van der Waals surface area contributed by atoms with E-state index in [-0.39, 0.29) is 11.0 Å². The standard InChI is InChI=1S/C18H15N3OS/c1-12-5-2-6-13(11-12)17(22)21-18(23)20-16-9-3-8-15-14(16)7-4-10-19-15/h2-11H,1H3,(H2,20,21,22,23). The van der Waals surface area contributed by atoms with Gasteiger partial charge in [0.2, 0.25) is 0 Å². The summed E-state index contributed by atoms with van der Waals surface area (Å²) in [5.41, 5.74) is 3.28. The number of thiocarbonyl (C=S) groups is 1. The maximum Gasteiger partial charge on any atom is 0.257 e. The number of benzene rings is 2. The summed E-state index contributed by atoms with van der Waals surface area (Å²) in [7, 11) is 0. The Morgan fingerprint density at radius 3 is 2.74 bits per heavy atom. The predicted molar refractivity (Wildman–Crippen MR) is 96.6 cm³/mol. The van der Waals surface area contributed by atoms with Crippen molar-refractivity contribution in [3.63, 3.8) is 0 Å². The van der Waals surface area contributed by atoms with Crippen LogP contribution >= 0.6 is 12.2 Å². The fourth-order valence-corrected chi connectivity index (χ4v) is 2.53. The first-order valence-electron chi connectivity index (χ1n) is 7.16. The Labute approximate surface area is 139 Å². The van der Waals surface area contributed by atoms with Crippen molar-refractivity contribution in [2.45, 2.75) is 6.92 Å². The zero-order valence-electron chi connectivity index (χ0n) is 12.5. The molecule has 0 atom stereocenters. The quantitative estimate of drug-likeness (QED) is 0.707. The lowest BCUT2D eigenvalue weighted by Gasteiger charge is -2.11. The Bertz CT molecular complexity index is 887. The van der Waals surface area contributed by atoms with Crippen molar-refractivity contribution in [3.05, 3.63) is 71.9 Å². The Hall–Kier alpha value is -2.79. The van der Waals surface area contributed by atoms with Gasteiger partial charge in [0.1, 0.15) is 0 Å². The summed E-state index contributed by atoms with van der Waals surface area (Å²) in [6.45, 7) is 1.94. The molecule has 0 aliphatic heterocycles. The molecule has 3 rings (SSSR count). The van der Waals surface area contributed by atoms with E-state index in [4.69, 9.17) is 12.2 Å². The highest BCUT2D eigenvalue weighted by Crippen LogP contribution is 2.21. The smallest absolute Gasteiger partial charge is 0.257 e. The second-order valence-electron chi connectivity index (χ2n) is 5.15. The number of fused-ring (bicyclic) bond motifs is 1. The number of nitrogens with zero attached hydrogens (tertiary/aromatic N) is 1. The van der Waals surface area contributed by atoms with Gasteiger partial charge in [-0.25, -0.2) is 0 Å². The third kappa shape index (κ3) is 3.52. The van der Waals surface area contributed by atoms with Crippen molar-refractivity contribution in [3.8, 4) is 0 Å². The molecule has 5 heteroatoms. The molecule has 0 spiro atoms. The fraction of sp³-hybridized carbons (Fsp3) is 0.0556. The highest BCUT2D eigenvalue weighted by atomic mass is 32.1. The summed E-state index contributed by atoms with van der Waals surface area (Å²) in [5, 5.41) is 6.96. The van der Waals surface area contributed by atoms with Crippen LogP contribution in [0.25, 0.3) is 10.9 Å². The second-order valence-corrected chi connectivity index (χ2v) is 5.56. The number of carbonyl (C=O) groups is 1. The summed E-state index contributed by atoms with van der Waals surface area (Å²) in [6.07, 6.45) is 1.74. The van der Waals surface area contributed by atoms with Crippen molar-refractivity contribution < 1.29 is 4.79 Å². The molecule has 0 radical (unpaired) electrons. The lowest BCUT2D eigenvalue weighted by molar-refractivity contribution is 0.0977. The molecule has 0 fully saturated rings. The van der Waals surface area contributed by atoms with E-state index in [1.807, 2.05) is 55.5 Å². The van der Waals surface area contributed by atoms with Gasteiger partial charge in [0, 0.05) is 22.8 Å². The second kappa shape index (κ2) is 6.54. The Morgan fingerprint density at radius 2 is 1.91 bits per heavy atom. The number of amides is 1. The largest absolute Gasteiger partial charge is 0.332 e. The molecule has 3 aromatic rings. The van der Waals surface area contributed by atoms with E-state index in [2.05, 4.69) is 15.6 Å². The average Bonchev–Trinajstić information content (AvgIpc) is 2.55. The van der Waals surface area contributed by atoms with E-state index in [9.17, 15) is 4.79 Å². The number of hydrogen-bond donors (Lipinski definition) is 2. The van der Waals surface area contributed by atoms with Crippen LogP contribution in [-0.2, 0) is 0 Å². The summed E-state index contributed by atoms with van der Waals surface area (Å²) in [6, 6.07) is 16.9. The van der Waals surface area contributed by atoms with E-state index < -0.39 is 0 Å². The Kier molecular flexibility index (Phi) is 4.30. The van der Waals surface area contributed by atoms with E-state index in [0.29, 0.717) is 5.56 Å². The van der Waals surface area contributed by atoms with Gasteiger partial charge < -0.3 is 5.32 Å². The predicted octanol–water partition coefficient (Wildman–Crippen LogP) is 3.67. The first-order valence-corrected chi connectivity index (χ1v) is 7.57. The number of rotatable bonds is 2. The molecule has 4 nitrogen and oxygen atoms in total. The first kappa shape index (κ1) is 15.1. The number of aromatic nitrogens is 1. The molecule has 2 aromatic carbocycles. The monoisotopic (exact) mass is 321 g/mol. The van der Waals surface area contributed by atoms with Crippen LogP contribution in [0.2, 0.25) is 0 Å². The summed E-state index contributed by atoms with van der Waals surface area (Å²) in [5.74, 6) is -0.232. The van der Waals surface area contributed by atoms with Crippen molar-refractivity contribution >= 4 is 39.8 Å². The fourth-order valence-electron chi connectivity index (χ4n) is 2.33. The summed E-state index contributed by atoms with van der Waals surface area (Å²) < 4.78 is 0. The normalized spacial score (nSPS) is 10.3. The van der Waals surface area contributed by atoms with Gasteiger partial charge in [-0.2, -0.15) is 0 Å². The van der Waals surface area contributed by atoms with Crippen LogP contribution in [0.4, 0.5) is 5.69 Å². The van der Waals surface area contributed by atoms with Gasteiger partial charge in [-0.05, 0) is 55.5 Å². The number of nitrogens with one attached hydrogen (secondary N) is 2. The van der Waals surface area contributed by atoms with Gasteiger partial charge >= 0.3 is 0 Å². The van der Waals surface area contributed by atoms with Crippen molar-refractivity contribution in [1.29, 1.82) is 0 Å². The molecule has 0 unspecified atom stereocenters. The summed E-state index contributed by atoms with van der Waals surface area (Å²) >= 11 is 5.24. The van der Waals surface area contributed by atoms with Crippen LogP contribution in [0.1, 0.15) is 15.9 Å². The maximum atomic E-state index is 12.2. The molecule has 1 aromatic heterocycles. The number of hydrogen-bond acceptors (Lipinski definition) is 3. The maximum absolute atomic E-state index is 12.2. The molecule has 0 bridgehead atoms. The molecule has 0 aliphatic rings. The summed E-state index contributed by atoms with van der Waals surface area (Å²) in [4.78, 5) is 16.5. The minimum Gasteiger partial charge on any atom is -0.332 e. The van der Waals surface area contributed by atoms with Crippen LogP contribution in [0.15, 0.2) is 60.8 Å². The highest BCUT2D eigenvalue weighted by molar-refractivity contribution is 7.80. The average molecular weight is 321 g/mol. The van der Waals surface area contributed by atoms with Crippen LogP contribution < -0.4 is 10.6 Å². The third-order valence-electron chi connectivity index (χ3n) is 3.40. The van der Waals surface area contributed by atoms with Crippen molar-refractivity contribution in [2.75, 3.05) is 5.32 Å². The van der Waals surface area contributed by atoms with Crippen LogP contribution in [0.5, 0.6) is 0 Å². The van der Waals surface area contributed by atoms with Gasteiger partial charge in [0.25, 0.3) is 5.91 Å². The minimum atomic E-state index is -0.232. The molecule has 2 N–H and O–H groups in total. The zero-order chi connectivity index (χ0) is 16.2. The number of anilines is 1. The first-order chi connectivity index (χ1) is 11.1. The minimum absolute atomic E-state index is 0.232. The van der Waals surface area contributed by atoms with E-state index in [0.717, 1.165) is 22.2 Å². The lowest BCUT2D eigenvalue weighted by Crippen LogP contribution is -2.34. The van der Waals surface area contributed by atoms with Gasteiger partial charge in [0.05, 0.1) is 5.52 Å². The molecular weight excluding hydrogens is 306 g/mol. The molecule has 23 heavy (non-hydrogen) atoms. The number of carbonyl (C=O) groups excluding carboxylic acids is 1. The third-order valence-corrected chi connectivity index (χ3v) is 3.61. The number of aryl methyl sites for hydroxylation is 1. The van der Waals surface area contributed by atoms with Gasteiger partial charge in [0.15, 0.2) is 5.11 Å². The molecular formula is C18H15N3OS. The van der Waals surface area contributed by atoms with E-state index in [1.165, 1.54) is 0 Å². The molecule has 114 valence electrons. The Morgan fingerprint density at radius 1 is 1.09 bits per heavy atom. The highest BCUT2D eigenvalue weighted by Gasteiger charge is 2.09.